The van der Waals surface area contributed by atoms with Crippen LogP contribution in [0.5, 0.6) is 0 Å². The predicted molar refractivity (Wildman–Crippen MR) is 63.5 cm³/mol. The van der Waals surface area contributed by atoms with Gasteiger partial charge in [0.25, 0.3) is 11.8 Å². The van der Waals surface area contributed by atoms with Gasteiger partial charge in [0, 0.05) is 4.47 Å². The number of hydrogen-bond donors (Lipinski definition) is 2. The average Bonchev–Trinajstić information content (AvgIpc) is 2.35. The fourth-order valence-electron chi connectivity index (χ4n) is 1.24. The second-order valence-corrected chi connectivity index (χ2v) is 4.74. The van der Waals surface area contributed by atoms with E-state index >= 15 is 0 Å². The molecule has 0 bridgehead atoms. The van der Waals surface area contributed by atoms with Gasteiger partial charge < -0.3 is 10.4 Å². The molecule has 0 fully saturated rings. The first-order chi connectivity index (χ1) is 9.07. The molecule has 0 spiro atoms. The average molecular weight is 362 g/mol. The zero-order valence-corrected chi connectivity index (χ0v) is 11.4. The minimum Gasteiger partial charge on any atom is -0.390 e. The summed E-state index contributed by atoms with van der Waals surface area (Å²) >= 11 is 2.87. The highest BCUT2D eigenvalue weighted by Gasteiger charge is 2.32. The molecule has 20 heavy (non-hydrogen) atoms. The van der Waals surface area contributed by atoms with E-state index < -0.39 is 42.3 Å². The first kappa shape index (κ1) is 16.8. The van der Waals surface area contributed by atoms with Crippen LogP contribution in [-0.2, 0) is 6.18 Å². The number of aliphatic hydroxyl groups excluding tert-OH is 1. The lowest BCUT2D eigenvalue weighted by Crippen LogP contribution is -2.39. The Balaban J connectivity index is 2.93. The van der Waals surface area contributed by atoms with Crippen LogP contribution in [0.15, 0.2) is 22.7 Å². The minimum atomic E-state index is -4.65. The Morgan fingerprint density at radius 1 is 1.25 bits per heavy atom. The quantitative estimate of drug-likeness (QED) is 0.810. The van der Waals surface area contributed by atoms with Crippen LogP contribution in [0, 0.1) is 0 Å². The molecule has 0 unspecified atom stereocenters. The molecule has 1 rings (SSSR count). The van der Waals surface area contributed by atoms with Gasteiger partial charge >= 0.3 is 6.18 Å². The van der Waals surface area contributed by atoms with Crippen LogP contribution >= 0.6 is 15.9 Å². The van der Waals surface area contributed by atoms with Gasteiger partial charge in [-0.2, -0.15) is 13.2 Å². The molecule has 112 valence electrons. The summed E-state index contributed by atoms with van der Waals surface area (Å²) in [5.74, 6) is -4.64. The molecule has 2 N–H and O–H groups in total. The molecule has 1 aromatic rings. The number of carbonyl (C=O) groups excluding carboxylic acids is 1. The van der Waals surface area contributed by atoms with E-state index in [0.717, 1.165) is 12.1 Å². The van der Waals surface area contributed by atoms with Crippen LogP contribution in [-0.4, -0.2) is 30.1 Å². The third-order valence-electron chi connectivity index (χ3n) is 2.28. The van der Waals surface area contributed by atoms with Crippen LogP contribution in [0.25, 0.3) is 0 Å². The van der Waals surface area contributed by atoms with E-state index in [2.05, 4.69) is 15.9 Å². The summed E-state index contributed by atoms with van der Waals surface area (Å²) in [5, 5.41) is 10.1. The first-order valence-corrected chi connectivity index (χ1v) is 6.00. The van der Waals surface area contributed by atoms with Crippen molar-refractivity contribution in [2.75, 3.05) is 13.2 Å². The van der Waals surface area contributed by atoms with Gasteiger partial charge in [-0.15, -0.1) is 0 Å². The molecule has 9 heteroatoms. The summed E-state index contributed by atoms with van der Waals surface area (Å²) in [6, 6.07) is 2.31. The minimum absolute atomic E-state index is 0.0373. The van der Waals surface area contributed by atoms with Gasteiger partial charge in [0.1, 0.15) is 6.61 Å². The maximum absolute atomic E-state index is 12.7. The highest BCUT2D eigenvalue weighted by molar-refractivity contribution is 9.10. The van der Waals surface area contributed by atoms with Crippen molar-refractivity contribution in [2.24, 2.45) is 0 Å². The van der Waals surface area contributed by atoms with E-state index in [4.69, 9.17) is 5.11 Å². The van der Waals surface area contributed by atoms with Crippen molar-refractivity contribution in [1.29, 1.82) is 0 Å². The van der Waals surface area contributed by atoms with Gasteiger partial charge in [-0.05, 0) is 34.1 Å². The zero-order chi connectivity index (χ0) is 15.6. The van der Waals surface area contributed by atoms with Gasteiger partial charge in [-0.25, -0.2) is 8.78 Å². The molecule has 0 heterocycles. The second-order valence-electron chi connectivity index (χ2n) is 3.89. The molecule has 0 aromatic heterocycles. The summed E-state index contributed by atoms with van der Waals surface area (Å²) in [7, 11) is 0. The Morgan fingerprint density at radius 2 is 1.85 bits per heavy atom. The normalized spacial score (nSPS) is 12.3. The summed E-state index contributed by atoms with van der Waals surface area (Å²) in [6.45, 7) is -2.65. The van der Waals surface area contributed by atoms with E-state index in [1.54, 1.807) is 5.32 Å². The van der Waals surface area contributed by atoms with E-state index in [9.17, 15) is 26.7 Å². The standard InChI is InChI=1S/C11H9BrF5NO2/c12-8-2-1-6(11(15,16)17)3-7(8)9(20)18-4-10(13,14)5-19/h1-3,19H,4-5H2,(H,18,20). The highest BCUT2D eigenvalue weighted by Crippen LogP contribution is 2.31. The van der Waals surface area contributed by atoms with Gasteiger partial charge in [-0.3, -0.25) is 4.79 Å². The van der Waals surface area contributed by atoms with Crippen molar-refractivity contribution >= 4 is 21.8 Å². The number of halogens is 6. The number of rotatable bonds is 4. The third-order valence-corrected chi connectivity index (χ3v) is 2.97. The van der Waals surface area contributed by atoms with Crippen molar-refractivity contribution in [3.63, 3.8) is 0 Å². The monoisotopic (exact) mass is 361 g/mol. The maximum Gasteiger partial charge on any atom is 0.416 e. The molecule has 3 nitrogen and oxygen atoms in total. The third kappa shape index (κ3) is 4.41. The summed E-state index contributed by atoms with van der Waals surface area (Å²) < 4.78 is 63.0. The Kier molecular flexibility index (Phi) is 5.09. The van der Waals surface area contributed by atoms with Gasteiger partial charge in [0.2, 0.25) is 0 Å². The van der Waals surface area contributed by atoms with Crippen molar-refractivity contribution in [2.45, 2.75) is 12.1 Å². The number of amides is 1. The lowest BCUT2D eigenvalue weighted by molar-refractivity contribution is -0.137. The van der Waals surface area contributed by atoms with Gasteiger partial charge in [0.15, 0.2) is 0 Å². The van der Waals surface area contributed by atoms with Crippen LogP contribution in [0.4, 0.5) is 22.0 Å². The Labute approximate surface area is 118 Å². The summed E-state index contributed by atoms with van der Waals surface area (Å²) in [4.78, 5) is 11.6. The number of carbonyl (C=O) groups is 1. The fourth-order valence-corrected chi connectivity index (χ4v) is 1.66. The lowest BCUT2D eigenvalue weighted by atomic mass is 10.1. The topological polar surface area (TPSA) is 49.3 Å². The number of hydrogen-bond acceptors (Lipinski definition) is 2. The smallest absolute Gasteiger partial charge is 0.390 e. The van der Waals surface area contributed by atoms with E-state index in [0.29, 0.717) is 6.07 Å². The van der Waals surface area contributed by atoms with Gasteiger partial charge in [0.05, 0.1) is 17.7 Å². The molecule has 0 atom stereocenters. The predicted octanol–water partition coefficient (Wildman–Crippen LogP) is 2.83. The lowest BCUT2D eigenvalue weighted by Gasteiger charge is -2.15. The molecular formula is C11H9BrF5NO2. The molecule has 0 saturated carbocycles. The molecule has 0 saturated heterocycles. The van der Waals surface area contributed by atoms with Crippen LogP contribution in [0.1, 0.15) is 15.9 Å². The SMILES string of the molecule is O=C(NCC(F)(F)CO)c1cc(C(F)(F)F)ccc1Br. The van der Waals surface area contributed by atoms with Crippen molar-refractivity contribution in [3.05, 3.63) is 33.8 Å². The highest BCUT2D eigenvalue weighted by atomic mass is 79.9. The van der Waals surface area contributed by atoms with Crippen molar-refractivity contribution < 1.29 is 31.9 Å². The van der Waals surface area contributed by atoms with Crippen molar-refractivity contribution in [1.82, 2.24) is 5.32 Å². The van der Waals surface area contributed by atoms with Crippen LogP contribution in [0.3, 0.4) is 0 Å². The number of aliphatic hydroxyl groups is 1. The summed E-state index contributed by atoms with van der Waals surface area (Å²) in [5.41, 5.74) is -1.49. The fraction of sp³-hybridized carbons (Fsp3) is 0.364. The Morgan fingerprint density at radius 3 is 2.35 bits per heavy atom. The maximum atomic E-state index is 12.7. The molecular weight excluding hydrogens is 353 g/mol. The summed E-state index contributed by atoms with van der Waals surface area (Å²) in [6.07, 6.45) is -4.65. The largest absolute Gasteiger partial charge is 0.416 e. The van der Waals surface area contributed by atoms with E-state index in [1.165, 1.54) is 0 Å². The van der Waals surface area contributed by atoms with E-state index in [1.807, 2.05) is 0 Å². The van der Waals surface area contributed by atoms with E-state index in [-0.39, 0.29) is 4.47 Å². The molecule has 0 aliphatic heterocycles. The number of alkyl halides is 5. The van der Waals surface area contributed by atoms with Crippen molar-refractivity contribution in [3.8, 4) is 0 Å². The van der Waals surface area contributed by atoms with Crippen LogP contribution < -0.4 is 5.32 Å². The zero-order valence-electron chi connectivity index (χ0n) is 9.77. The molecule has 0 aliphatic carbocycles. The second kappa shape index (κ2) is 6.04. The molecule has 0 aliphatic rings. The number of benzene rings is 1. The molecule has 0 radical (unpaired) electrons. The number of nitrogens with one attached hydrogen (secondary N) is 1. The first-order valence-electron chi connectivity index (χ1n) is 5.20. The molecule has 1 aromatic carbocycles. The molecule has 1 amide bonds. The van der Waals surface area contributed by atoms with Crippen LogP contribution in [0.2, 0.25) is 0 Å². The Bertz CT molecular complexity index is 504. The van der Waals surface area contributed by atoms with Gasteiger partial charge in [-0.1, -0.05) is 0 Å². The Hall–Kier alpha value is -1.22.